The monoisotopic (exact) mass is 325 g/mol. The van der Waals surface area contributed by atoms with E-state index in [2.05, 4.69) is 13.2 Å². The first-order valence-electron chi connectivity index (χ1n) is 3.22. The van der Waals surface area contributed by atoms with E-state index in [0.717, 1.165) is 11.1 Å². The predicted molar refractivity (Wildman–Crippen MR) is 46.6 cm³/mol. The van der Waals surface area contributed by atoms with Crippen molar-refractivity contribution in [1.29, 1.82) is 0 Å². The molecule has 0 saturated carbocycles. The Kier molecular flexibility index (Phi) is 4.81. The van der Waals surface area contributed by atoms with Gasteiger partial charge < -0.3 is 0 Å². The summed E-state index contributed by atoms with van der Waals surface area (Å²) in [6.45, 7) is 7.38. The Bertz CT molecular complexity index is 224. The van der Waals surface area contributed by atoms with E-state index in [1.165, 1.54) is 0 Å². The van der Waals surface area contributed by atoms with Crippen molar-refractivity contribution in [2.75, 3.05) is 0 Å². The Hall–Kier alpha value is -0.612. The van der Waals surface area contributed by atoms with Gasteiger partial charge in [-0.05, 0) is 11.1 Å². The SMILES string of the molecule is C=Cc1ccccc1C=C.[Pt]. The molecule has 60 valence electrons. The summed E-state index contributed by atoms with van der Waals surface area (Å²) in [5.74, 6) is 0. The molecule has 0 bridgehead atoms. The van der Waals surface area contributed by atoms with Gasteiger partial charge in [-0.25, -0.2) is 0 Å². The van der Waals surface area contributed by atoms with E-state index in [9.17, 15) is 0 Å². The first-order chi connectivity index (χ1) is 4.88. The summed E-state index contributed by atoms with van der Waals surface area (Å²) >= 11 is 0. The van der Waals surface area contributed by atoms with E-state index in [0.29, 0.717) is 0 Å². The molecule has 0 fully saturated rings. The summed E-state index contributed by atoms with van der Waals surface area (Å²) in [5.41, 5.74) is 2.27. The summed E-state index contributed by atoms with van der Waals surface area (Å²) in [5, 5.41) is 0. The summed E-state index contributed by atoms with van der Waals surface area (Å²) in [6.07, 6.45) is 3.66. The van der Waals surface area contributed by atoms with Crippen LogP contribution in [0.15, 0.2) is 37.4 Å². The first kappa shape index (κ1) is 10.4. The summed E-state index contributed by atoms with van der Waals surface area (Å²) in [7, 11) is 0. The Labute approximate surface area is 81.9 Å². The van der Waals surface area contributed by atoms with Crippen LogP contribution in [0.5, 0.6) is 0 Å². The molecular formula is C10H10Pt. The van der Waals surface area contributed by atoms with Crippen LogP contribution < -0.4 is 0 Å². The van der Waals surface area contributed by atoms with Crippen LogP contribution in [-0.2, 0) is 21.1 Å². The van der Waals surface area contributed by atoms with Gasteiger partial charge in [0.15, 0.2) is 0 Å². The third kappa shape index (κ3) is 2.48. The van der Waals surface area contributed by atoms with Gasteiger partial charge in [-0.15, -0.1) is 0 Å². The Balaban J connectivity index is 0.000001000. The normalized spacial score (nSPS) is 8.00. The third-order valence-electron chi connectivity index (χ3n) is 1.44. The van der Waals surface area contributed by atoms with Crippen LogP contribution in [0.2, 0.25) is 0 Å². The zero-order valence-electron chi connectivity index (χ0n) is 6.19. The zero-order valence-corrected chi connectivity index (χ0v) is 8.47. The van der Waals surface area contributed by atoms with Crippen molar-refractivity contribution < 1.29 is 21.1 Å². The Morgan fingerprint density at radius 2 is 1.27 bits per heavy atom. The minimum Gasteiger partial charge on any atom is -0.0984 e. The van der Waals surface area contributed by atoms with Crippen molar-refractivity contribution in [3.05, 3.63) is 48.6 Å². The molecule has 0 aliphatic carbocycles. The van der Waals surface area contributed by atoms with E-state index in [1.807, 2.05) is 36.4 Å². The molecular weight excluding hydrogens is 315 g/mol. The van der Waals surface area contributed by atoms with Crippen LogP contribution in [0.1, 0.15) is 11.1 Å². The van der Waals surface area contributed by atoms with Gasteiger partial charge in [0.25, 0.3) is 0 Å². The van der Waals surface area contributed by atoms with Crippen molar-refractivity contribution in [2.45, 2.75) is 0 Å². The maximum atomic E-state index is 3.69. The standard InChI is InChI=1S/C10H10.Pt/c1-3-9-7-5-6-8-10(9)4-2;/h3-8H,1-2H2;. The molecule has 0 heterocycles. The second-order valence-corrected chi connectivity index (χ2v) is 2.04. The molecule has 0 aromatic heterocycles. The largest absolute Gasteiger partial charge is 0.0984 e. The average molecular weight is 325 g/mol. The van der Waals surface area contributed by atoms with E-state index >= 15 is 0 Å². The quantitative estimate of drug-likeness (QED) is 0.784. The molecule has 0 aliphatic heterocycles. The molecule has 0 nitrogen and oxygen atoms in total. The molecule has 0 amide bonds. The number of benzene rings is 1. The molecule has 0 atom stereocenters. The average Bonchev–Trinajstić information content (AvgIpc) is 2.04. The summed E-state index contributed by atoms with van der Waals surface area (Å²) in [6, 6.07) is 8.02. The van der Waals surface area contributed by atoms with Gasteiger partial charge in [-0.3, -0.25) is 0 Å². The first-order valence-corrected chi connectivity index (χ1v) is 3.22. The number of hydrogen-bond acceptors (Lipinski definition) is 0. The fourth-order valence-electron chi connectivity index (χ4n) is 0.883. The topological polar surface area (TPSA) is 0 Å². The fourth-order valence-corrected chi connectivity index (χ4v) is 0.883. The summed E-state index contributed by atoms with van der Waals surface area (Å²) in [4.78, 5) is 0. The molecule has 0 saturated heterocycles. The second kappa shape index (κ2) is 5.09. The molecule has 1 aromatic rings. The van der Waals surface area contributed by atoms with Gasteiger partial charge in [0.2, 0.25) is 0 Å². The molecule has 0 N–H and O–H groups in total. The maximum Gasteiger partial charge on any atom is 0 e. The fraction of sp³-hybridized carbons (Fsp3) is 0. The number of hydrogen-bond donors (Lipinski definition) is 0. The van der Waals surface area contributed by atoms with E-state index in [-0.39, 0.29) is 21.1 Å². The summed E-state index contributed by atoms with van der Waals surface area (Å²) < 4.78 is 0. The van der Waals surface area contributed by atoms with Gasteiger partial charge >= 0.3 is 0 Å². The minimum atomic E-state index is 0. The predicted octanol–water partition coefficient (Wildman–Crippen LogP) is 2.97. The van der Waals surface area contributed by atoms with Crippen LogP contribution in [0, 0.1) is 0 Å². The Morgan fingerprint density at radius 3 is 1.55 bits per heavy atom. The van der Waals surface area contributed by atoms with E-state index in [4.69, 9.17) is 0 Å². The van der Waals surface area contributed by atoms with Crippen molar-refractivity contribution in [3.8, 4) is 0 Å². The van der Waals surface area contributed by atoms with Crippen molar-refractivity contribution >= 4 is 12.2 Å². The van der Waals surface area contributed by atoms with Crippen LogP contribution in [-0.4, -0.2) is 0 Å². The van der Waals surface area contributed by atoms with Crippen LogP contribution >= 0.6 is 0 Å². The smallest absolute Gasteiger partial charge is 0 e. The van der Waals surface area contributed by atoms with E-state index < -0.39 is 0 Å². The third-order valence-corrected chi connectivity index (χ3v) is 1.44. The molecule has 1 heteroatoms. The molecule has 0 aliphatic rings. The van der Waals surface area contributed by atoms with Gasteiger partial charge in [0.1, 0.15) is 0 Å². The van der Waals surface area contributed by atoms with E-state index in [1.54, 1.807) is 0 Å². The molecule has 0 unspecified atom stereocenters. The number of rotatable bonds is 2. The molecule has 1 aromatic carbocycles. The van der Waals surface area contributed by atoms with Crippen molar-refractivity contribution in [3.63, 3.8) is 0 Å². The van der Waals surface area contributed by atoms with Crippen LogP contribution in [0.4, 0.5) is 0 Å². The van der Waals surface area contributed by atoms with Gasteiger partial charge in [0, 0.05) is 21.1 Å². The molecule has 11 heavy (non-hydrogen) atoms. The van der Waals surface area contributed by atoms with Crippen LogP contribution in [0.25, 0.3) is 12.2 Å². The van der Waals surface area contributed by atoms with Crippen molar-refractivity contribution in [2.24, 2.45) is 0 Å². The molecule has 0 spiro atoms. The van der Waals surface area contributed by atoms with Gasteiger partial charge in [0.05, 0.1) is 0 Å². The van der Waals surface area contributed by atoms with Crippen LogP contribution in [0.3, 0.4) is 0 Å². The Morgan fingerprint density at radius 1 is 0.909 bits per heavy atom. The second-order valence-electron chi connectivity index (χ2n) is 2.04. The maximum absolute atomic E-state index is 3.69. The van der Waals surface area contributed by atoms with Gasteiger partial charge in [-0.1, -0.05) is 49.6 Å². The minimum absolute atomic E-state index is 0. The van der Waals surface area contributed by atoms with Crippen molar-refractivity contribution in [1.82, 2.24) is 0 Å². The molecule has 1 rings (SSSR count). The molecule has 0 radical (unpaired) electrons. The van der Waals surface area contributed by atoms with Gasteiger partial charge in [-0.2, -0.15) is 0 Å². The zero-order chi connectivity index (χ0) is 7.40.